The molecule has 1 saturated heterocycles. The lowest BCUT2D eigenvalue weighted by Gasteiger charge is -2.39. The van der Waals surface area contributed by atoms with E-state index in [0.717, 1.165) is 70.6 Å². The van der Waals surface area contributed by atoms with Gasteiger partial charge in [-0.3, -0.25) is 4.79 Å². The van der Waals surface area contributed by atoms with Gasteiger partial charge in [-0.05, 0) is 77.0 Å². The summed E-state index contributed by atoms with van der Waals surface area (Å²) in [5, 5.41) is 40.1. The predicted octanol–water partition coefficient (Wildman–Crippen LogP) is 9.63. The van der Waals surface area contributed by atoms with Crippen molar-refractivity contribution in [3.8, 4) is 0 Å². The van der Waals surface area contributed by atoms with Gasteiger partial charge in [0.1, 0.15) is 30.5 Å². The highest BCUT2D eigenvalue weighted by atomic mass is 16.7. The third kappa shape index (κ3) is 29.9. The first-order valence-corrected chi connectivity index (χ1v) is 21.8. The molecule has 0 bridgehead atoms. The van der Waals surface area contributed by atoms with Gasteiger partial charge in [-0.15, -0.1) is 0 Å². The van der Waals surface area contributed by atoms with Crippen LogP contribution in [0.3, 0.4) is 0 Å². The average molecular weight is 799 g/mol. The molecule has 0 aromatic heterocycles. The van der Waals surface area contributed by atoms with Crippen LogP contribution in [-0.4, -0.2) is 89.6 Å². The number of aliphatic hydroxyl groups excluding tert-OH is 4. The summed E-state index contributed by atoms with van der Waals surface area (Å²) in [5.41, 5.74) is 0. The molecular formula is C48H78O9. The minimum absolute atomic E-state index is 0.100. The topological polar surface area (TPSA) is 135 Å². The first kappa shape index (κ1) is 52.1. The van der Waals surface area contributed by atoms with Gasteiger partial charge in [0.15, 0.2) is 6.29 Å². The van der Waals surface area contributed by atoms with Crippen molar-refractivity contribution in [1.82, 2.24) is 0 Å². The maximum Gasteiger partial charge on any atom is 0.306 e. The first-order chi connectivity index (χ1) is 27.9. The number of unbranched alkanes of at least 4 members (excludes halogenated alkanes) is 8. The zero-order valence-electron chi connectivity index (χ0n) is 35.3. The van der Waals surface area contributed by atoms with Crippen LogP contribution >= 0.6 is 0 Å². The summed E-state index contributed by atoms with van der Waals surface area (Å²) >= 11 is 0. The van der Waals surface area contributed by atoms with Crippen LogP contribution in [-0.2, 0) is 23.7 Å². The van der Waals surface area contributed by atoms with Gasteiger partial charge in [-0.2, -0.15) is 0 Å². The molecule has 0 aromatic rings. The minimum Gasteiger partial charge on any atom is -0.457 e. The van der Waals surface area contributed by atoms with Crippen LogP contribution in [0.25, 0.3) is 0 Å². The molecule has 57 heavy (non-hydrogen) atoms. The molecule has 1 rings (SSSR count). The standard InChI is InChI=1S/C48H78O9/c1-3-5-7-9-11-13-15-17-19-20-21-22-23-25-27-29-31-33-35-37-44(50)56-42(41-55-48-47(53)46(52)45(51)43(39-49)57-48)40-54-38-36-34-32-30-28-26-24-18-16-14-12-10-8-6-4-2/h5,7,10-13,16-19,21-22,25,27,31,33,42-43,45-49,51-53H,3-4,6,8-9,14-15,20,23-24,26,28-30,32,34-41H2,1-2H3/b7-5-,12-10-,13-11-,18-16-,19-17-,22-21-,27-25-,33-31-. The fourth-order valence-electron chi connectivity index (χ4n) is 5.83. The summed E-state index contributed by atoms with van der Waals surface area (Å²) in [7, 11) is 0. The number of carbonyl (C=O) groups is 1. The lowest BCUT2D eigenvalue weighted by atomic mass is 9.99. The quantitative estimate of drug-likeness (QED) is 0.0281. The lowest BCUT2D eigenvalue weighted by Crippen LogP contribution is -2.59. The van der Waals surface area contributed by atoms with Crippen LogP contribution in [0.1, 0.15) is 136 Å². The van der Waals surface area contributed by atoms with Gasteiger partial charge in [0.25, 0.3) is 0 Å². The van der Waals surface area contributed by atoms with E-state index < -0.39 is 49.4 Å². The smallest absolute Gasteiger partial charge is 0.306 e. The van der Waals surface area contributed by atoms with Crippen LogP contribution in [0.4, 0.5) is 0 Å². The second-order valence-corrected chi connectivity index (χ2v) is 14.4. The van der Waals surface area contributed by atoms with Crippen molar-refractivity contribution >= 4 is 5.97 Å². The van der Waals surface area contributed by atoms with Crippen molar-refractivity contribution in [2.75, 3.05) is 26.4 Å². The SMILES string of the molecule is CC/C=C\C/C=C\C/C=C\C/C=C\C/C=C\C/C=C\CCC(=O)OC(COCCCCCCCC/C=C\C/C=C\CCCC)COC1OC(CO)C(O)C(O)C1O. The Hall–Kier alpha value is -2.89. The van der Waals surface area contributed by atoms with E-state index in [1.165, 1.54) is 38.5 Å². The second-order valence-electron chi connectivity index (χ2n) is 14.4. The summed E-state index contributed by atoms with van der Waals surface area (Å²) in [5.74, 6) is -0.404. The molecule has 0 amide bonds. The van der Waals surface area contributed by atoms with E-state index in [9.17, 15) is 25.2 Å². The Morgan fingerprint density at radius 1 is 0.579 bits per heavy atom. The summed E-state index contributed by atoms with van der Waals surface area (Å²) in [6.07, 6.45) is 45.8. The molecule has 6 unspecified atom stereocenters. The molecule has 9 heteroatoms. The van der Waals surface area contributed by atoms with Crippen LogP contribution in [0.15, 0.2) is 97.2 Å². The molecule has 0 saturated carbocycles. The molecule has 1 fully saturated rings. The van der Waals surface area contributed by atoms with Crippen molar-refractivity contribution < 1.29 is 44.2 Å². The Labute approximate surface area is 345 Å². The molecule has 0 aromatic carbocycles. The molecule has 4 N–H and O–H groups in total. The minimum atomic E-state index is -1.56. The van der Waals surface area contributed by atoms with E-state index >= 15 is 0 Å². The summed E-state index contributed by atoms with van der Waals surface area (Å²) < 4.78 is 22.7. The van der Waals surface area contributed by atoms with Gasteiger partial charge in [0, 0.05) is 13.0 Å². The Bertz CT molecular complexity index is 1180. The zero-order chi connectivity index (χ0) is 41.4. The molecule has 0 aliphatic carbocycles. The van der Waals surface area contributed by atoms with E-state index in [1.807, 2.05) is 12.2 Å². The molecule has 1 aliphatic heterocycles. The zero-order valence-corrected chi connectivity index (χ0v) is 35.3. The summed E-state index contributed by atoms with van der Waals surface area (Å²) in [6, 6.07) is 0. The molecule has 1 heterocycles. The van der Waals surface area contributed by atoms with E-state index in [1.54, 1.807) is 0 Å². The molecule has 1 aliphatic rings. The number of ether oxygens (including phenoxy) is 4. The van der Waals surface area contributed by atoms with Crippen molar-refractivity contribution in [3.05, 3.63) is 97.2 Å². The number of hydrogen-bond donors (Lipinski definition) is 4. The van der Waals surface area contributed by atoms with Crippen molar-refractivity contribution in [2.24, 2.45) is 0 Å². The number of esters is 1. The van der Waals surface area contributed by atoms with Gasteiger partial charge in [0.05, 0.1) is 19.8 Å². The Kier molecular flexibility index (Phi) is 35.3. The summed E-state index contributed by atoms with van der Waals surface area (Å²) in [6.45, 7) is 4.26. The summed E-state index contributed by atoms with van der Waals surface area (Å²) in [4.78, 5) is 12.7. The van der Waals surface area contributed by atoms with Gasteiger partial charge >= 0.3 is 5.97 Å². The largest absolute Gasteiger partial charge is 0.457 e. The Morgan fingerprint density at radius 2 is 1.07 bits per heavy atom. The molecule has 324 valence electrons. The molecule has 0 radical (unpaired) electrons. The highest BCUT2D eigenvalue weighted by molar-refractivity contribution is 5.69. The first-order valence-electron chi connectivity index (χ1n) is 21.8. The van der Waals surface area contributed by atoms with Crippen LogP contribution in [0.2, 0.25) is 0 Å². The van der Waals surface area contributed by atoms with E-state index in [0.29, 0.717) is 13.0 Å². The van der Waals surface area contributed by atoms with Gasteiger partial charge < -0.3 is 39.4 Å². The number of rotatable bonds is 35. The lowest BCUT2D eigenvalue weighted by molar-refractivity contribution is -0.305. The number of allylic oxidation sites excluding steroid dienone is 16. The Morgan fingerprint density at radius 3 is 1.61 bits per heavy atom. The van der Waals surface area contributed by atoms with Crippen molar-refractivity contribution in [3.63, 3.8) is 0 Å². The third-order valence-corrected chi connectivity index (χ3v) is 9.25. The van der Waals surface area contributed by atoms with Crippen LogP contribution < -0.4 is 0 Å². The van der Waals surface area contributed by atoms with E-state index in [-0.39, 0.29) is 19.6 Å². The molecule has 6 atom stereocenters. The number of hydrogen-bond acceptors (Lipinski definition) is 9. The number of carbonyl (C=O) groups excluding carboxylic acids is 1. The number of aliphatic hydroxyl groups is 4. The fourth-order valence-corrected chi connectivity index (χ4v) is 5.83. The van der Waals surface area contributed by atoms with Crippen molar-refractivity contribution in [1.29, 1.82) is 0 Å². The second kappa shape index (κ2) is 38.6. The third-order valence-electron chi connectivity index (χ3n) is 9.25. The average Bonchev–Trinajstić information content (AvgIpc) is 3.21. The highest BCUT2D eigenvalue weighted by Crippen LogP contribution is 2.22. The van der Waals surface area contributed by atoms with Crippen LogP contribution in [0.5, 0.6) is 0 Å². The monoisotopic (exact) mass is 799 g/mol. The predicted molar refractivity (Wildman–Crippen MR) is 233 cm³/mol. The van der Waals surface area contributed by atoms with E-state index in [4.69, 9.17) is 18.9 Å². The highest BCUT2D eigenvalue weighted by Gasteiger charge is 2.44. The van der Waals surface area contributed by atoms with Gasteiger partial charge in [0.2, 0.25) is 0 Å². The van der Waals surface area contributed by atoms with E-state index in [2.05, 4.69) is 98.9 Å². The Balaban J connectivity index is 2.36. The van der Waals surface area contributed by atoms with Crippen molar-refractivity contribution in [2.45, 2.75) is 173 Å². The fraction of sp³-hybridized carbons (Fsp3) is 0.646. The maximum absolute atomic E-state index is 12.7. The maximum atomic E-state index is 12.7. The molecular weight excluding hydrogens is 721 g/mol. The van der Waals surface area contributed by atoms with Gasteiger partial charge in [-0.25, -0.2) is 0 Å². The molecule has 9 nitrogen and oxygen atoms in total. The van der Waals surface area contributed by atoms with Gasteiger partial charge in [-0.1, -0.05) is 150 Å². The molecule has 0 spiro atoms. The normalized spacial score (nSPS) is 21.4. The van der Waals surface area contributed by atoms with Crippen LogP contribution in [0, 0.1) is 0 Å².